The molecule has 2 aliphatic rings. The second-order valence-corrected chi connectivity index (χ2v) is 3.18. The van der Waals surface area contributed by atoms with Crippen LogP contribution in [0.25, 0.3) is 0 Å². The lowest BCUT2D eigenvalue weighted by Gasteiger charge is -1.99. The molecule has 2 bridgehead atoms. The Balaban J connectivity index is 2.35. The summed E-state index contributed by atoms with van der Waals surface area (Å²) in [6.07, 6.45) is 2.20. The normalized spacial score (nSPS) is 39.7. The molecule has 2 rings (SSSR count). The summed E-state index contributed by atoms with van der Waals surface area (Å²) in [7, 11) is 0. The number of rotatable bonds is 0. The van der Waals surface area contributed by atoms with Gasteiger partial charge < -0.3 is 4.74 Å². The number of carbonyl (C=O) groups excluding carboxylic acids is 1. The van der Waals surface area contributed by atoms with Gasteiger partial charge in [0.15, 0.2) is 5.78 Å². The second-order valence-electron chi connectivity index (χ2n) is 2.27. The van der Waals surface area contributed by atoms with Gasteiger partial charge in [0.1, 0.15) is 6.10 Å². The molecule has 0 unspecified atom stereocenters. The second kappa shape index (κ2) is 1.67. The lowest BCUT2D eigenvalue weighted by Crippen LogP contribution is -2.11. The van der Waals surface area contributed by atoms with Crippen LogP contribution in [0.4, 0.5) is 0 Å². The zero-order valence-electron chi connectivity index (χ0n) is 4.63. The van der Waals surface area contributed by atoms with Crippen LogP contribution in [0.5, 0.6) is 0 Å². The minimum atomic E-state index is -0.232. The van der Waals surface area contributed by atoms with Gasteiger partial charge >= 0.3 is 0 Å². The van der Waals surface area contributed by atoms with Crippen LogP contribution in [0.15, 0.2) is 10.6 Å². The quantitative estimate of drug-likeness (QED) is 0.568. The number of carbonyl (C=O) groups is 1. The van der Waals surface area contributed by atoms with Crippen LogP contribution in [0.2, 0.25) is 0 Å². The monoisotopic (exact) mass is 188 g/mol. The molecular weight excluding hydrogens is 184 g/mol. The molecule has 0 radical (unpaired) electrons. The highest BCUT2D eigenvalue weighted by Crippen LogP contribution is 2.34. The molecular formula is C6H5BrO2. The largest absolute Gasteiger partial charge is 0.357 e. The van der Waals surface area contributed by atoms with E-state index in [1.54, 1.807) is 0 Å². The van der Waals surface area contributed by atoms with E-state index < -0.39 is 0 Å². The zero-order chi connectivity index (χ0) is 6.43. The first-order valence-electron chi connectivity index (χ1n) is 2.83. The first-order chi connectivity index (χ1) is 4.27. The van der Waals surface area contributed by atoms with Gasteiger partial charge in [-0.05, 0) is 6.08 Å². The van der Waals surface area contributed by atoms with E-state index in [9.17, 15) is 4.79 Å². The topological polar surface area (TPSA) is 26.3 Å². The Labute approximate surface area is 61.0 Å². The standard InChI is InChI=1S/C6H5BrO2/c7-3-1-6-4(8)2-5(3)9-6/h1,5-6H,2H2/t5-,6-/m1/s1. The van der Waals surface area contributed by atoms with E-state index in [0.717, 1.165) is 4.48 Å². The van der Waals surface area contributed by atoms with E-state index in [1.807, 2.05) is 6.08 Å². The summed E-state index contributed by atoms with van der Waals surface area (Å²) in [5, 5.41) is 0. The van der Waals surface area contributed by atoms with Crippen molar-refractivity contribution in [3.63, 3.8) is 0 Å². The molecule has 0 aromatic carbocycles. The highest BCUT2D eigenvalue weighted by atomic mass is 79.9. The van der Waals surface area contributed by atoms with Crippen LogP contribution in [0.1, 0.15) is 6.42 Å². The van der Waals surface area contributed by atoms with Gasteiger partial charge in [-0.1, -0.05) is 15.9 Å². The number of ether oxygens (including phenoxy) is 1. The molecule has 1 fully saturated rings. The lowest BCUT2D eigenvalue weighted by molar-refractivity contribution is -0.120. The Kier molecular flexibility index (Phi) is 1.04. The molecule has 0 aromatic rings. The number of hydrogen-bond donors (Lipinski definition) is 0. The van der Waals surface area contributed by atoms with Gasteiger partial charge in [-0.3, -0.25) is 4.79 Å². The number of Topliss-reactive ketones (excluding diaryl/α,β-unsaturated/α-hetero) is 1. The maximum Gasteiger partial charge on any atom is 0.168 e. The van der Waals surface area contributed by atoms with Crippen LogP contribution >= 0.6 is 15.9 Å². The fraction of sp³-hybridized carbons (Fsp3) is 0.500. The van der Waals surface area contributed by atoms with Crippen LogP contribution in [-0.2, 0) is 9.53 Å². The average molecular weight is 189 g/mol. The molecule has 0 aliphatic carbocycles. The third-order valence-corrected chi connectivity index (χ3v) is 2.41. The van der Waals surface area contributed by atoms with E-state index >= 15 is 0 Å². The van der Waals surface area contributed by atoms with Crippen molar-refractivity contribution in [3.8, 4) is 0 Å². The Morgan fingerprint density at radius 2 is 2.56 bits per heavy atom. The summed E-state index contributed by atoms with van der Waals surface area (Å²) in [5.74, 6) is 0.211. The molecule has 0 aromatic heterocycles. The number of ketones is 1. The van der Waals surface area contributed by atoms with Crippen molar-refractivity contribution in [1.29, 1.82) is 0 Å². The molecule has 48 valence electrons. The van der Waals surface area contributed by atoms with Crippen molar-refractivity contribution in [2.75, 3.05) is 0 Å². The fourth-order valence-corrected chi connectivity index (χ4v) is 1.66. The Morgan fingerprint density at radius 3 is 2.89 bits per heavy atom. The Bertz CT molecular complexity index is 197. The van der Waals surface area contributed by atoms with Gasteiger partial charge in [0, 0.05) is 10.9 Å². The maximum atomic E-state index is 10.8. The van der Waals surface area contributed by atoms with Crippen LogP contribution in [0.3, 0.4) is 0 Å². The summed E-state index contributed by atoms with van der Waals surface area (Å²) < 4.78 is 6.24. The van der Waals surface area contributed by atoms with Gasteiger partial charge in [-0.25, -0.2) is 0 Å². The molecule has 0 N–H and O–H groups in total. The molecule has 2 atom stereocenters. The molecule has 2 aliphatic heterocycles. The van der Waals surface area contributed by atoms with Crippen LogP contribution in [-0.4, -0.2) is 18.0 Å². The predicted octanol–water partition coefficient (Wildman–Crippen LogP) is 1.01. The highest BCUT2D eigenvalue weighted by molar-refractivity contribution is 9.11. The number of fused-ring (bicyclic) bond motifs is 2. The Morgan fingerprint density at radius 1 is 1.78 bits per heavy atom. The fourth-order valence-electron chi connectivity index (χ4n) is 1.15. The summed E-state index contributed by atoms with van der Waals surface area (Å²) in [6.45, 7) is 0. The van der Waals surface area contributed by atoms with Gasteiger partial charge in [-0.15, -0.1) is 0 Å². The molecule has 0 saturated carbocycles. The van der Waals surface area contributed by atoms with Gasteiger partial charge in [0.25, 0.3) is 0 Å². The van der Waals surface area contributed by atoms with E-state index in [4.69, 9.17) is 4.74 Å². The van der Waals surface area contributed by atoms with Crippen molar-refractivity contribution in [1.82, 2.24) is 0 Å². The highest BCUT2D eigenvalue weighted by Gasteiger charge is 2.39. The van der Waals surface area contributed by atoms with Crippen molar-refractivity contribution < 1.29 is 9.53 Å². The van der Waals surface area contributed by atoms with Crippen LogP contribution < -0.4 is 0 Å². The average Bonchev–Trinajstić information content (AvgIpc) is 2.24. The summed E-state index contributed by atoms with van der Waals surface area (Å²) >= 11 is 3.31. The smallest absolute Gasteiger partial charge is 0.168 e. The first kappa shape index (κ1) is 5.62. The lowest BCUT2D eigenvalue weighted by atomic mass is 10.1. The zero-order valence-corrected chi connectivity index (χ0v) is 6.22. The molecule has 0 spiro atoms. The SMILES string of the molecule is O=C1C[C@H]2O[C@@H]1C=C2Br. The van der Waals surface area contributed by atoms with E-state index in [0.29, 0.717) is 6.42 Å². The van der Waals surface area contributed by atoms with Crippen molar-refractivity contribution in [2.24, 2.45) is 0 Å². The van der Waals surface area contributed by atoms with E-state index in [1.165, 1.54) is 0 Å². The molecule has 2 heterocycles. The minimum absolute atomic E-state index is 0.0440. The summed E-state index contributed by atoms with van der Waals surface area (Å²) in [6, 6.07) is 0. The third-order valence-electron chi connectivity index (χ3n) is 1.63. The van der Waals surface area contributed by atoms with Crippen molar-refractivity contribution in [2.45, 2.75) is 18.6 Å². The minimum Gasteiger partial charge on any atom is -0.357 e. The molecule has 0 amide bonds. The van der Waals surface area contributed by atoms with E-state index in [2.05, 4.69) is 15.9 Å². The van der Waals surface area contributed by atoms with E-state index in [-0.39, 0.29) is 18.0 Å². The van der Waals surface area contributed by atoms with Gasteiger partial charge in [0.05, 0.1) is 6.10 Å². The number of hydrogen-bond acceptors (Lipinski definition) is 2. The molecule has 9 heavy (non-hydrogen) atoms. The Hall–Kier alpha value is -0.150. The van der Waals surface area contributed by atoms with Crippen molar-refractivity contribution in [3.05, 3.63) is 10.6 Å². The maximum absolute atomic E-state index is 10.8. The number of halogens is 1. The van der Waals surface area contributed by atoms with Gasteiger partial charge in [-0.2, -0.15) is 0 Å². The summed E-state index contributed by atoms with van der Waals surface area (Å²) in [4.78, 5) is 10.8. The molecule has 3 heteroatoms. The molecule has 2 nitrogen and oxygen atoms in total. The van der Waals surface area contributed by atoms with Gasteiger partial charge in [0.2, 0.25) is 0 Å². The van der Waals surface area contributed by atoms with Crippen molar-refractivity contribution >= 4 is 21.7 Å². The third kappa shape index (κ3) is 0.682. The predicted molar refractivity (Wildman–Crippen MR) is 35.3 cm³/mol. The molecule has 1 saturated heterocycles. The summed E-state index contributed by atoms with van der Waals surface area (Å²) in [5.41, 5.74) is 0. The first-order valence-corrected chi connectivity index (χ1v) is 3.62. The van der Waals surface area contributed by atoms with Crippen LogP contribution in [0, 0.1) is 0 Å².